The molecule has 70 valence electrons. The van der Waals surface area contributed by atoms with E-state index in [2.05, 4.69) is 10.1 Å². The van der Waals surface area contributed by atoms with E-state index in [0.717, 1.165) is 24.2 Å². The van der Waals surface area contributed by atoms with Gasteiger partial charge in [-0.25, -0.2) is 0 Å². The molecule has 0 saturated carbocycles. The maximum atomic E-state index is 11.9. The minimum Gasteiger partial charge on any atom is -0.434 e. The second-order valence-corrected chi connectivity index (χ2v) is 2.84. The first kappa shape index (κ1) is 8.29. The molecule has 0 amide bonds. The summed E-state index contributed by atoms with van der Waals surface area (Å²) in [6.45, 7) is -1.95. The standard InChI is InChI=1S/C9H9F2NO/c10-9(11)13-8-3-1-2-7-6(8)4-5-12-7/h1-3,9,12H,4-5H2. The molecule has 0 fully saturated rings. The summed E-state index contributed by atoms with van der Waals surface area (Å²) in [6.07, 6.45) is 0.748. The van der Waals surface area contributed by atoms with Crippen LogP contribution in [0.25, 0.3) is 0 Å². The van der Waals surface area contributed by atoms with Crippen LogP contribution in [0.3, 0.4) is 0 Å². The van der Waals surface area contributed by atoms with Crippen LogP contribution >= 0.6 is 0 Å². The second-order valence-electron chi connectivity index (χ2n) is 2.84. The maximum absolute atomic E-state index is 11.9. The van der Waals surface area contributed by atoms with Crippen LogP contribution < -0.4 is 10.1 Å². The summed E-state index contributed by atoms with van der Waals surface area (Å²) in [6, 6.07) is 5.13. The Bertz CT molecular complexity index is 314. The molecule has 1 N–H and O–H groups in total. The summed E-state index contributed by atoms with van der Waals surface area (Å²) in [5.41, 5.74) is 1.75. The Labute approximate surface area is 74.5 Å². The lowest BCUT2D eigenvalue weighted by molar-refractivity contribution is -0.0503. The lowest BCUT2D eigenvalue weighted by Crippen LogP contribution is -2.03. The lowest BCUT2D eigenvalue weighted by atomic mass is 10.1. The minimum absolute atomic E-state index is 0.289. The Morgan fingerprint density at radius 1 is 1.38 bits per heavy atom. The number of fused-ring (bicyclic) bond motifs is 1. The van der Waals surface area contributed by atoms with E-state index >= 15 is 0 Å². The number of ether oxygens (including phenoxy) is 1. The van der Waals surface area contributed by atoms with Crippen molar-refractivity contribution < 1.29 is 13.5 Å². The normalized spacial score (nSPS) is 14.1. The van der Waals surface area contributed by atoms with Gasteiger partial charge in [0.25, 0.3) is 0 Å². The van der Waals surface area contributed by atoms with Crippen LogP contribution in [0.4, 0.5) is 14.5 Å². The fourth-order valence-electron chi connectivity index (χ4n) is 1.52. The Morgan fingerprint density at radius 3 is 3.00 bits per heavy atom. The molecule has 0 unspecified atom stereocenters. The van der Waals surface area contributed by atoms with E-state index in [9.17, 15) is 8.78 Å². The van der Waals surface area contributed by atoms with Crippen LogP contribution in [0, 0.1) is 0 Å². The lowest BCUT2D eigenvalue weighted by Gasteiger charge is -2.08. The molecule has 0 saturated heterocycles. The van der Waals surface area contributed by atoms with Crippen molar-refractivity contribution in [1.29, 1.82) is 0 Å². The summed E-state index contributed by atoms with van der Waals surface area (Å²) in [7, 11) is 0. The van der Waals surface area contributed by atoms with Crippen LogP contribution in [0.2, 0.25) is 0 Å². The van der Waals surface area contributed by atoms with Crippen LogP contribution in [-0.2, 0) is 6.42 Å². The van der Waals surface area contributed by atoms with Gasteiger partial charge < -0.3 is 10.1 Å². The van der Waals surface area contributed by atoms with Crippen LogP contribution in [0.1, 0.15) is 5.56 Å². The molecule has 0 bridgehead atoms. The Hall–Kier alpha value is -1.32. The highest BCUT2D eigenvalue weighted by atomic mass is 19.3. The Balaban J connectivity index is 2.30. The second kappa shape index (κ2) is 3.20. The zero-order chi connectivity index (χ0) is 9.26. The molecule has 1 aromatic rings. The van der Waals surface area contributed by atoms with E-state index in [0.29, 0.717) is 0 Å². The van der Waals surface area contributed by atoms with Crippen molar-refractivity contribution in [2.75, 3.05) is 11.9 Å². The van der Waals surface area contributed by atoms with E-state index in [1.807, 2.05) is 6.07 Å². The predicted octanol–water partition coefficient (Wildman–Crippen LogP) is 2.26. The third kappa shape index (κ3) is 1.56. The molecule has 0 atom stereocenters. The van der Waals surface area contributed by atoms with Crippen molar-refractivity contribution in [1.82, 2.24) is 0 Å². The fourth-order valence-corrected chi connectivity index (χ4v) is 1.52. The van der Waals surface area contributed by atoms with Crippen molar-refractivity contribution in [3.63, 3.8) is 0 Å². The molecule has 0 spiro atoms. The fraction of sp³-hybridized carbons (Fsp3) is 0.333. The molecule has 1 aliphatic heterocycles. The molecule has 0 aromatic heterocycles. The van der Waals surface area contributed by atoms with Gasteiger partial charge in [-0.1, -0.05) is 6.07 Å². The Morgan fingerprint density at radius 2 is 2.23 bits per heavy atom. The van der Waals surface area contributed by atoms with Crippen molar-refractivity contribution in [2.45, 2.75) is 13.0 Å². The van der Waals surface area contributed by atoms with Crippen molar-refractivity contribution in [3.8, 4) is 5.75 Å². The summed E-state index contributed by atoms with van der Waals surface area (Å²) in [5.74, 6) is 0.289. The van der Waals surface area contributed by atoms with Crippen molar-refractivity contribution in [2.24, 2.45) is 0 Å². The Kier molecular flexibility index (Phi) is 2.04. The van der Waals surface area contributed by atoms with Crippen LogP contribution in [0.15, 0.2) is 18.2 Å². The van der Waals surface area contributed by atoms with Gasteiger partial charge in [-0.2, -0.15) is 8.78 Å². The average molecular weight is 185 g/mol. The minimum atomic E-state index is -2.74. The third-order valence-corrected chi connectivity index (χ3v) is 2.04. The van der Waals surface area contributed by atoms with Gasteiger partial charge in [-0.15, -0.1) is 0 Å². The van der Waals surface area contributed by atoms with Gasteiger partial charge in [0.05, 0.1) is 0 Å². The summed E-state index contributed by atoms with van der Waals surface area (Å²) in [5, 5.41) is 3.09. The third-order valence-electron chi connectivity index (χ3n) is 2.04. The highest BCUT2D eigenvalue weighted by Gasteiger charge is 2.16. The highest BCUT2D eigenvalue weighted by Crippen LogP contribution is 2.31. The molecular formula is C9H9F2NO. The number of benzene rings is 1. The van der Waals surface area contributed by atoms with Gasteiger partial charge in [0.15, 0.2) is 0 Å². The first-order valence-electron chi connectivity index (χ1n) is 4.08. The number of halogens is 2. The number of nitrogens with one attached hydrogen (secondary N) is 1. The number of hydrogen-bond acceptors (Lipinski definition) is 2. The molecule has 2 nitrogen and oxygen atoms in total. The molecule has 0 aliphatic carbocycles. The summed E-state index contributed by atoms with van der Waals surface area (Å²) < 4.78 is 28.3. The molecule has 1 aliphatic rings. The molecule has 1 aromatic carbocycles. The van der Waals surface area contributed by atoms with Gasteiger partial charge in [0.2, 0.25) is 0 Å². The van der Waals surface area contributed by atoms with Gasteiger partial charge in [0.1, 0.15) is 5.75 Å². The number of rotatable bonds is 2. The van der Waals surface area contributed by atoms with E-state index in [-0.39, 0.29) is 5.75 Å². The molecule has 13 heavy (non-hydrogen) atoms. The number of anilines is 1. The smallest absolute Gasteiger partial charge is 0.387 e. The van der Waals surface area contributed by atoms with E-state index in [1.165, 1.54) is 0 Å². The van der Waals surface area contributed by atoms with Gasteiger partial charge in [-0.05, 0) is 18.6 Å². The molecule has 1 heterocycles. The molecular weight excluding hydrogens is 176 g/mol. The van der Waals surface area contributed by atoms with Gasteiger partial charge in [-0.3, -0.25) is 0 Å². The van der Waals surface area contributed by atoms with Crippen molar-refractivity contribution in [3.05, 3.63) is 23.8 Å². The number of hydrogen-bond donors (Lipinski definition) is 1. The monoisotopic (exact) mass is 185 g/mol. The molecule has 4 heteroatoms. The van der Waals surface area contributed by atoms with Crippen LogP contribution in [-0.4, -0.2) is 13.2 Å². The summed E-state index contributed by atoms with van der Waals surface area (Å²) in [4.78, 5) is 0. The molecule has 2 rings (SSSR count). The van der Waals surface area contributed by atoms with E-state index < -0.39 is 6.61 Å². The maximum Gasteiger partial charge on any atom is 0.387 e. The molecule has 0 radical (unpaired) electrons. The highest BCUT2D eigenvalue weighted by molar-refractivity contribution is 5.61. The van der Waals surface area contributed by atoms with E-state index in [1.54, 1.807) is 12.1 Å². The first-order valence-corrected chi connectivity index (χ1v) is 4.08. The number of alkyl halides is 2. The predicted molar refractivity (Wildman–Crippen MR) is 45.3 cm³/mol. The quantitative estimate of drug-likeness (QED) is 0.763. The largest absolute Gasteiger partial charge is 0.434 e. The summed E-state index contributed by atoms with van der Waals surface area (Å²) >= 11 is 0. The van der Waals surface area contributed by atoms with Crippen molar-refractivity contribution >= 4 is 5.69 Å². The average Bonchev–Trinajstić information content (AvgIpc) is 2.51. The van der Waals surface area contributed by atoms with E-state index in [4.69, 9.17) is 0 Å². The topological polar surface area (TPSA) is 21.3 Å². The zero-order valence-electron chi connectivity index (χ0n) is 6.89. The van der Waals surface area contributed by atoms with Crippen LogP contribution in [0.5, 0.6) is 5.75 Å². The van der Waals surface area contributed by atoms with Gasteiger partial charge >= 0.3 is 6.61 Å². The van der Waals surface area contributed by atoms with Gasteiger partial charge in [0, 0.05) is 17.8 Å². The first-order chi connectivity index (χ1) is 6.27. The SMILES string of the molecule is FC(F)Oc1cccc2c1CCN2. The zero-order valence-corrected chi connectivity index (χ0v) is 6.89.